The number of methoxy groups -OCH3 is 1. The third-order valence-electron chi connectivity index (χ3n) is 3.29. The van der Waals surface area contributed by atoms with Gasteiger partial charge in [-0.3, -0.25) is 4.79 Å². The molecule has 18 heavy (non-hydrogen) atoms. The average Bonchev–Trinajstić information content (AvgIpc) is 2.75. The molecule has 1 aliphatic carbocycles. The zero-order valence-electron chi connectivity index (χ0n) is 10.8. The first-order valence-electron chi connectivity index (χ1n) is 6.16. The summed E-state index contributed by atoms with van der Waals surface area (Å²) < 4.78 is 5.29. The number of anilines is 1. The van der Waals surface area contributed by atoms with Crippen LogP contribution in [0.4, 0.5) is 5.82 Å². The molecule has 3 N–H and O–H groups in total. The number of nitrogens with zero attached hydrogens (tertiary/aromatic N) is 1. The molecule has 1 fully saturated rings. The van der Waals surface area contributed by atoms with Crippen molar-refractivity contribution in [3.8, 4) is 0 Å². The molecular weight excluding hydrogens is 230 g/mol. The molecular formula is C13H19N3O2. The highest BCUT2D eigenvalue weighted by molar-refractivity contribution is 5.95. The van der Waals surface area contributed by atoms with Gasteiger partial charge in [-0.1, -0.05) is 0 Å². The molecule has 0 spiro atoms. The molecule has 1 aliphatic rings. The number of carbonyl (C=O) groups is 1. The zero-order chi connectivity index (χ0) is 13.1. The van der Waals surface area contributed by atoms with Gasteiger partial charge >= 0.3 is 0 Å². The second-order valence-corrected chi connectivity index (χ2v) is 4.76. The molecule has 2 atom stereocenters. The number of hydrogen-bond acceptors (Lipinski definition) is 4. The van der Waals surface area contributed by atoms with Crippen molar-refractivity contribution < 1.29 is 9.53 Å². The van der Waals surface area contributed by atoms with Crippen LogP contribution < -0.4 is 11.1 Å². The minimum absolute atomic E-state index is 0.0889. The Kier molecular flexibility index (Phi) is 3.81. The Balaban J connectivity index is 1.99. The lowest BCUT2D eigenvalue weighted by Crippen LogP contribution is -2.33. The van der Waals surface area contributed by atoms with Crippen LogP contribution in [0, 0.1) is 6.92 Å². The summed E-state index contributed by atoms with van der Waals surface area (Å²) in [6.07, 6.45) is 3.10. The van der Waals surface area contributed by atoms with Crippen LogP contribution in [-0.2, 0) is 4.74 Å². The van der Waals surface area contributed by atoms with E-state index >= 15 is 0 Å². The molecule has 1 amide bonds. The molecule has 2 unspecified atom stereocenters. The number of aromatic nitrogens is 1. The Morgan fingerprint density at radius 1 is 1.50 bits per heavy atom. The molecule has 2 rings (SSSR count). The summed E-state index contributed by atoms with van der Waals surface area (Å²) in [5.74, 6) is 0.287. The summed E-state index contributed by atoms with van der Waals surface area (Å²) in [4.78, 5) is 16.1. The van der Waals surface area contributed by atoms with Crippen molar-refractivity contribution in [3.05, 3.63) is 23.4 Å². The summed E-state index contributed by atoms with van der Waals surface area (Å²) in [6, 6.07) is 3.54. The summed E-state index contributed by atoms with van der Waals surface area (Å²) in [6.45, 7) is 1.82. The molecule has 98 valence electrons. The van der Waals surface area contributed by atoms with Gasteiger partial charge in [0.2, 0.25) is 0 Å². The van der Waals surface area contributed by atoms with E-state index in [1.165, 1.54) is 0 Å². The van der Waals surface area contributed by atoms with E-state index < -0.39 is 0 Å². The summed E-state index contributed by atoms with van der Waals surface area (Å²) in [5.41, 5.74) is 6.96. The first-order valence-corrected chi connectivity index (χ1v) is 6.16. The zero-order valence-corrected chi connectivity index (χ0v) is 10.8. The van der Waals surface area contributed by atoms with Gasteiger partial charge in [-0.25, -0.2) is 4.98 Å². The smallest absolute Gasteiger partial charge is 0.251 e. The number of hydrogen-bond donors (Lipinski definition) is 2. The predicted octanol–water partition coefficient (Wildman–Crippen LogP) is 1.27. The molecule has 0 saturated heterocycles. The predicted molar refractivity (Wildman–Crippen MR) is 69.3 cm³/mol. The fraction of sp³-hybridized carbons (Fsp3) is 0.538. The van der Waals surface area contributed by atoms with Crippen molar-refractivity contribution in [2.75, 3.05) is 12.8 Å². The van der Waals surface area contributed by atoms with Crippen LogP contribution in [0.2, 0.25) is 0 Å². The Morgan fingerprint density at radius 2 is 2.28 bits per heavy atom. The van der Waals surface area contributed by atoms with Gasteiger partial charge in [-0.2, -0.15) is 0 Å². The van der Waals surface area contributed by atoms with Crippen molar-refractivity contribution in [1.29, 1.82) is 0 Å². The van der Waals surface area contributed by atoms with Crippen molar-refractivity contribution in [3.63, 3.8) is 0 Å². The van der Waals surface area contributed by atoms with Gasteiger partial charge in [-0.15, -0.1) is 0 Å². The molecule has 1 aromatic rings. The van der Waals surface area contributed by atoms with E-state index in [4.69, 9.17) is 10.5 Å². The third kappa shape index (κ3) is 2.98. The van der Waals surface area contributed by atoms with E-state index in [2.05, 4.69) is 10.3 Å². The first kappa shape index (κ1) is 12.8. The Morgan fingerprint density at radius 3 is 2.89 bits per heavy atom. The number of aryl methyl sites for hydroxylation is 1. The van der Waals surface area contributed by atoms with Gasteiger partial charge in [0, 0.05) is 24.4 Å². The Bertz CT molecular complexity index is 428. The summed E-state index contributed by atoms with van der Waals surface area (Å²) in [7, 11) is 1.71. The van der Waals surface area contributed by atoms with Crippen LogP contribution in [-0.4, -0.2) is 30.1 Å². The van der Waals surface area contributed by atoms with E-state index in [1.54, 1.807) is 19.2 Å². The molecule has 0 aromatic carbocycles. The number of rotatable bonds is 3. The number of carbonyl (C=O) groups excluding carboxylic acids is 1. The molecule has 1 heterocycles. The lowest BCUT2D eigenvalue weighted by atomic mass is 10.2. The fourth-order valence-corrected chi connectivity index (χ4v) is 2.38. The molecule has 0 bridgehead atoms. The SMILES string of the molecule is COC1CCC(NC(=O)c2cc(C)nc(N)c2)C1. The number of pyridine rings is 1. The second kappa shape index (κ2) is 5.35. The molecule has 1 aromatic heterocycles. The number of nitrogens with one attached hydrogen (secondary N) is 1. The number of amides is 1. The second-order valence-electron chi connectivity index (χ2n) is 4.76. The maximum Gasteiger partial charge on any atom is 0.251 e. The van der Waals surface area contributed by atoms with Crippen molar-refractivity contribution in [1.82, 2.24) is 10.3 Å². The van der Waals surface area contributed by atoms with Crippen molar-refractivity contribution >= 4 is 11.7 Å². The van der Waals surface area contributed by atoms with Crippen LogP contribution in [0.15, 0.2) is 12.1 Å². The topological polar surface area (TPSA) is 77.2 Å². The fourth-order valence-electron chi connectivity index (χ4n) is 2.38. The quantitative estimate of drug-likeness (QED) is 0.845. The van der Waals surface area contributed by atoms with Crippen molar-refractivity contribution in [2.24, 2.45) is 0 Å². The molecule has 5 nitrogen and oxygen atoms in total. The van der Waals surface area contributed by atoms with Crippen LogP contribution in [0.1, 0.15) is 35.3 Å². The van der Waals surface area contributed by atoms with Gasteiger partial charge in [0.15, 0.2) is 0 Å². The largest absolute Gasteiger partial charge is 0.384 e. The number of nitrogen functional groups attached to an aromatic ring is 1. The van der Waals surface area contributed by atoms with Crippen LogP contribution in [0.5, 0.6) is 0 Å². The lowest BCUT2D eigenvalue weighted by molar-refractivity contribution is 0.0915. The van der Waals surface area contributed by atoms with E-state index in [-0.39, 0.29) is 18.1 Å². The monoisotopic (exact) mass is 249 g/mol. The Labute approximate surface area is 107 Å². The van der Waals surface area contributed by atoms with Crippen molar-refractivity contribution in [2.45, 2.75) is 38.3 Å². The van der Waals surface area contributed by atoms with Crippen LogP contribution in [0.25, 0.3) is 0 Å². The standard InChI is InChI=1S/C13H19N3O2/c1-8-5-9(6-12(14)15-8)13(17)16-10-3-4-11(7-10)18-2/h5-6,10-11H,3-4,7H2,1-2H3,(H2,14,15)(H,16,17). The lowest BCUT2D eigenvalue weighted by Gasteiger charge is -2.13. The van der Waals surface area contributed by atoms with Crippen LogP contribution >= 0.6 is 0 Å². The maximum atomic E-state index is 12.1. The van der Waals surface area contributed by atoms with Gasteiger partial charge in [0.1, 0.15) is 5.82 Å². The molecule has 5 heteroatoms. The molecule has 0 radical (unpaired) electrons. The normalized spacial score (nSPS) is 23.0. The van der Waals surface area contributed by atoms with E-state index in [1.807, 2.05) is 6.92 Å². The van der Waals surface area contributed by atoms with E-state index in [0.29, 0.717) is 11.4 Å². The molecule has 1 saturated carbocycles. The van der Waals surface area contributed by atoms with E-state index in [9.17, 15) is 4.79 Å². The minimum Gasteiger partial charge on any atom is -0.384 e. The summed E-state index contributed by atoms with van der Waals surface area (Å²) in [5, 5.41) is 3.01. The van der Waals surface area contributed by atoms with Crippen LogP contribution in [0.3, 0.4) is 0 Å². The van der Waals surface area contributed by atoms with Gasteiger partial charge < -0.3 is 15.8 Å². The maximum absolute atomic E-state index is 12.1. The van der Waals surface area contributed by atoms with Gasteiger partial charge in [0.05, 0.1) is 6.10 Å². The number of nitrogens with two attached hydrogens (primary N) is 1. The van der Waals surface area contributed by atoms with Gasteiger partial charge in [0.25, 0.3) is 5.91 Å². The average molecular weight is 249 g/mol. The number of ether oxygens (including phenoxy) is 1. The third-order valence-corrected chi connectivity index (χ3v) is 3.29. The van der Waals surface area contributed by atoms with Gasteiger partial charge in [-0.05, 0) is 38.3 Å². The first-order chi connectivity index (χ1) is 8.58. The highest BCUT2D eigenvalue weighted by atomic mass is 16.5. The summed E-state index contributed by atoms with van der Waals surface area (Å²) >= 11 is 0. The Hall–Kier alpha value is -1.62. The molecule has 0 aliphatic heterocycles. The van der Waals surface area contributed by atoms with E-state index in [0.717, 1.165) is 25.0 Å². The highest BCUT2D eigenvalue weighted by Gasteiger charge is 2.25. The highest BCUT2D eigenvalue weighted by Crippen LogP contribution is 2.21. The minimum atomic E-state index is -0.0889.